The van der Waals surface area contributed by atoms with Crippen molar-refractivity contribution >= 4 is 12.0 Å². The maximum Gasteiger partial charge on any atom is 0.317 e. The monoisotopic (exact) mass is 212 g/mol. The fourth-order valence-electron chi connectivity index (χ4n) is 2.38. The predicted molar refractivity (Wildman–Crippen MR) is 53.2 cm³/mol. The van der Waals surface area contributed by atoms with Crippen molar-refractivity contribution < 1.29 is 14.3 Å². The van der Waals surface area contributed by atoms with Gasteiger partial charge >= 0.3 is 12.0 Å². The van der Waals surface area contributed by atoms with Crippen molar-refractivity contribution in [3.63, 3.8) is 0 Å². The van der Waals surface area contributed by atoms with Gasteiger partial charge in [-0.15, -0.1) is 0 Å². The third kappa shape index (κ3) is 1.91. The Morgan fingerprint density at radius 2 is 2.27 bits per heavy atom. The van der Waals surface area contributed by atoms with Crippen LogP contribution < -0.4 is 5.32 Å². The molecule has 0 saturated carbocycles. The van der Waals surface area contributed by atoms with Gasteiger partial charge in [-0.2, -0.15) is 0 Å². The third-order valence-electron chi connectivity index (χ3n) is 3.26. The Bertz CT molecular complexity index is 280. The van der Waals surface area contributed by atoms with Crippen LogP contribution >= 0.6 is 0 Å². The molecule has 5 heteroatoms. The van der Waals surface area contributed by atoms with Crippen molar-refractivity contribution in [1.29, 1.82) is 0 Å². The Morgan fingerprint density at radius 3 is 3.00 bits per heavy atom. The average Bonchev–Trinajstić information content (AvgIpc) is 2.28. The van der Waals surface area contributed by atoms with E-state index in [1.807, 2.05) is 0 Å². The number of esters is 1. The third-order valence-corrected chi connectivity index (χ3v) is 3.26. The van der Waals surface area contributed by atoms with E-state index < -0.39 is 0 Å². The second-order valence-electron chi connectivity index (χ2n) is 4.12. The van der Waals surface area contributed by atoms with E-state index in [4.69, 9.17) is 4.74 Å². The normalized spacial score (nSPS) is 30.5. The summed E-state index contributed by atoms with van der Waals surface area (Å²) in [7, 11) is 1.39. The van der Waals surface area contributed by atoms with Crippen LogP contribution in [0.1, 0.15) is 19.3 Å². The molecule has 84 valence electrons. The van der Waals surface area contributed by atoms with Gasteiger partial charge < -0.3 is 15.0 Å². The highest BCUT2D eigenvalue weighted by molar-refractivity contribution is 5.78. The van der Waals surface area contributed by atoms with E-state index in [0.29, 0.717) is 12.6 Å². The number of rotatable bonds is 1. The fourth-order valence-corrected chi connectivity index (χ4v) is 2.38. The molecule has 1 N–H and O–H groups in total. The number of carbonyl (C=O) groups is 2. The molecule has 2 aliphatic heterocycles. The lowest BCUT2D eigenvalue weighted by Gasteiger charge is -2.41. The minimum absolute atomic E-state index is 0.0418. The van der Waals surface area contributed by atoms with E-state index >= 15 is 0 Å². The number of hydrogen-bond donors (Lipinski definition) is 1. The summed E-state index contributed by atoms with van der Waals surface area (Å²) >= 11 is 0. The second kappa shape index (κ2) is 4.08. The summed E-state index contributed by atoms with van der Waals surface area (Å²) in [5, 5.41) is 2.79. The molecule has 2 amide bonds. The molecule has 2 saturated heterocycles. The minimum atomic E-state index is -0.202. The lowest BCUT2D eigenvalue weighted by Crippen LogP contribution is -2.56. The zero-order valence-corrected chi connectivity index (χ0v) is 8.86. The minimum Gasteiger partial charge on any atom is -0.469 e. The molecule has 0 radical (unpaired) electrons. The van der Waals surface area contributed by atoms with Gasteiger partial charge in [0.05, 0.1) is 13.0 Å². The molecule has 0 spiro atoms. The molecule has 0 aromatic rings. The van der Waals surface area contributed by atoms with Crippen molar-refractivity contribution in [2.24, 2.45) is 5.92 Å². The van der Waals surface area contributed by atoms with Gasteiger partial charge in [0, 0.05) is 19.1 Å². The van der Waals surface area contributed by atoms with Crippen LogP contribution in [-0.2, 0) is 9.53 Å². The number of methoxy groups -OCH3 is 1. The first-order valence-corrected chi connectivity index (χ1v) is 5.34. The van der Waals surface area contributed by atoms with Crippen LogP contribution in [0.5, 0.6) is 0 Å². The van der Waals surface area contributed by atoms with Crippen LogP contribution in [0, 0.1) is 5.92 Å². The molecule has 0 bridgehead atoms. The van der Waals surface area contributed by atoms with Gasteiger partial charge in [0.25, 0.3) is 0 Å². The first-order valence-electron chi connectivity index (χ1n) is 5.34. The van der Waals surface area contributed by atoms with E-state index in [2.05, 4.69) is 5.32 Å². The number of fused-ring (bicyclic) bond motifs is 1. The van der Waals surface area contributed by atoms with Gasteiger partial charge in [0.2, 0.25) is 0 Å². The molecule has 2 aliphatic rings. The zero-order chi connectivity index (χ0) is 10.8. The molecule has 0 aromatic heterocycles. The van der Waals surface area contributed by atoms with Crippen LogP contribution in [0.2, 0.25) is 0 Å². The van der Waals surface area contributed by atoms with E-state index in [9.17, 15) is 9.59 Å². The maximum absolute atomic E-state index is 11.5. The SMILES string of the molecule is COC(=O)[C@H]1CC[C@H]2CCNC(=O)N2C1. The van der Waals surface area contributed by atoms with Gasteiger partial charge in [-0.3, -0.25) is 4.79 Å². The van der Waals surface area contributed by atoms with Crippen LogP contribution in [0.4, 0.5) is 4.79 Å². The summed E-state index contributed by atoms with van der Waals surface area (Å²) < 4.78 is 4.71. The summed E-state index contributed by atoms with van der Waals surface area (Å²) in [4.78, 5) is 24.7. The molecule has 2 rings (SSSR count). The van der Waals surface area contributed by atoms with Gasteiger partial charge in [0.1, 0.15) is 0 Å². The maximum atomic E-state index is 11.5. The summed E-state index contributed by atoms with van der Waals surface area (Å²) in [5.74, 6) is -0.345. The lowest BCUT2D eigenvalue weighted by molar-refractivity contribution is -0.147. The van der Waals surface area contributed by atoms with Gasteiger partial charge in [0.15, 0.2) is 0 Å². The Balaban J connectivity index is 2.02. The molecule has 0 unspecified atom stereocenters. The Labute approximate surface area is 88.8 Å². The van der Waals surface area contributed by atoms with Crippen LogP contribution in [0.3, 0.4) is 0 Å². The topological polar surface area (TPSA) is 58.6 Å². The average molecular weight is 212 g/mol. The largest absolute Gasteiger partial charge is 0.469 e. The Kier molecular flexibility index (Phi) is 2.79. The van der Waals surface area contributed by atoms with Gasteiger partial charge in [-0.25, -0.2) is 4.79 Å². The van der Waals surface area contributed by atoms with E-state index in [1.165, 1.54) is 7.11 Å². The van der Waals surface area contributed by atoms with E-state index in [-0.39, 0.29) is 17.9 Å². The van der Waals surface area contributed by atoms with Crippen molar-refractivity contribution in [2.75, 3.05) is 20.2 Å². The number of nitrogens with zero attached hydrogens (tertiary/aromatic N) is 1. The molecule has 2 heterocycles. The number of ether oxygens (including phenoxy) is 1. The van der Waals surface area contributed by atoms with Crippen LogP contribution in [-0.4, -0.2) is 43.1 Å². The van der Waals surface area contributed by atoms with E-state index in [0.717, 1.165) is 25.8 Å². The summed E-state index contributed by atoms with van der Waals surface area (Å²) in [6.45, 7) is 1.26. The molecule has 0 aliphatic carbocycles. The molecule has 2 atom stereocenters. The molecule has 15 heavy (non-hydrogen) atoms. The van der Waals surface area contributed by atoms with Crippen LogP contribution in [0.15, 0.2) is 0 Å². The smallest absolute Gasteiger partial charge is 0.317 e. The van der Waals surface area contributed by atoms with Crippen molar-refractivity contribution in [3.05, 3.63) is 0 Å². The first-order chi connectivity index (χ1) is 7.22. The second-order valence-corrected chi connectivity index (χ2v) is 4.12. The number of piperidine rings is 1. The van der Waals surface area contributed by atoms with E-state index in [1.54, 1.807) is 4.90 Å². The lowest BCUT2D eigenvalue weighted by atomic mass is 9.90. The Morgan fingerprint density at radius 1 is 1.47 bits per heavy atom. The number of nitrogens with one attached hydrogen (secondary N) is 1. The van der Waals surface area contributed by atoms with Crippen molar-refractivity contribution in [1.82, 2.24) is 10.2 Å². The van der Waals surface area contributed by atoms with Crippen molar-refractivity contribution in [2.45, 2.75) is 25.3 Å². The standard InChI is InChI=1S/C10H16N2O3/c1-15-9(13)7-2-3-8-4-5-11-10(14)12(8)6-7/h7-8H,2-6H2,1H3,(H,11,14)/t7-,8-/m0/s1. The number of hydrogen-bond acceptors (Lipinski definition) is 3. The molecule has 2 fully saturated rings. The fraction of sp³-hybridized carbons (Fsp3) is 0.800. The first kappa shape index (κ1) is 10.3. The summed E-state index contributed by atoms with van der Waals surface area (Å²) in [6.07, 6.45) is 2.73. The summed E-state index contributed by atoms with van der Waals surface area (Å²) in [6, 6.07) is 0.277. The predicted octanol–water partition coefficient (Wildman–Crippen LogP) is 0.353. The number of amides is 2. The quantitative estimate of drug-likeness (QED) is 0.638. The molecule has 0 aromatic carbocycles. The molecular weight excluding hydrogens is 196 g/mol. The van der Waals surface area contributed by atoms with Gasteiger partial charge in [-0.1, -0.05) is 0 Å². The summed E-state index contributed by atoms with van der Waals surface area (Å²) in [5.41, 5.74) is 0. The number of carbonyl (C=O) groups excluding carboxylic acids is 2. The number of urea groups is 1. The van der Waals surface area contributed by atoms with Crippen LogP contribution in [0.25, 0.3) is 0 Å². The Hall–Kier alpha value is -1.26. The highest BCUT2D eigenvalue weighted by atomic mass is 16.5. The molecule has 5 nitrogen and oxygen atoms in total. The highest BCUT2D eigenvalue weighted by Gasteiger charge is 2.36. The van der Waals surface area contributed by atoms with Crippen molar-refractivity contribution in [3.8, 4) is 0 Å². The highest BCUT2D eigenvalue weighted by Crippen LogP contribution is 2.26. The van der Waals surface area contributed by atoms with Gasteiger partial charge in [-0.05, 0) is 19.3 Å². The zero-order valence-electron chi connectivity index (χ0n) is 8.86. The molecular formula is C10H16N2O3.